The summed E-state index contributed by atoms with van der Waals surface area (Å²) in [6.07, 6.45) is 2.53. The van der Waals surface area contributed by atoms with E-state index in [0.29, 0.717) is 17.2 Å². The van der Waals surface area contributed by atoms with Crippen LogP contribution in [0, 0.1) is 0 Å². The van der Waals surface area contributed by atoms with Gasteiger partial charge >= 0.3 is 0 Å². The Morgan fingerprint density at radius 1 is 1.14 bits per heavy atom. The second-order valence-electron chi connectivity index (χ2n) is 6.28. The summed E-state index contributed by atoms with van der Waals surface area (Å²) in [6.45, 7) is 4.11. The average molecular weight is 431 g/mol. The number of nitrogens with zero attached hydrogens (tertiary/aromatic N) is 2. The van der Waals surface area contributed by atoms with E-state index in [0.717, 1.165) is 29.3 Å². The SMILES string of the molecule is CCc1ccc(S(=O)(=O)N=C2SC(=Cc3cccc(OC)c3)C(=O)N2CC)cc1. The molecule has 0 saturated carbocycles. The monoisotopic (exact) mass is 430 g/mol. The molecule has 0 spiro atoms. The van der Waals surface area contributed by atoms with Crippen LogP contribution in [0.3, 0.4) is 0 Å². The number of hydrogen-bond donors (Lipinski definition) is 0. The molecule has 1 aliphatic rings. The predicted molar refractivity (Wildman–Crippen MR) is 116 cm³/mol. The summed E-state index contributed by atoms with van der Waals surface area (Å²) in [5, 5.41) is 0.159. The van der Waals surface area contributed by atoms with E-state index in [9.17, 15) is 13.2 Å². The Hall–Kier alpha value is -2.58. The number of aryl methyl sites for hydroxylation is 1. The molecule has 0 aromatic heterocycles. The summed E-state index contributed by atoms with van der Waals surface area (Å²) in [6, 6.07) is 13.9. The summed E-state index contributed by atoms with van der Waals surface area (Å²) in [5.41, 5.74) is 1.83. The van der Waals surface area contributed by atoms with Crippen LogP contribution in [0.4, 0.5) is 0 Å². The Morgan fingerprint density at radius 2 is 1.86 bits per heavy atom. The molecule has 1 aliphatic heterocycles. The molecule has 0 atom stereocenters. The highest BCUT2D eigenvalue weighted by atomic mass is 32.2. The minimum absolute atomic E-state index is 0.108. The molecular formula is C21H22N2O4S2. The highest BCUT2D eigenvalue weighted by molar-refractivity contribution is 8.19. The topological polar surface area (TPSA) is 76.0 Å². The van der Waals surface area contributed by atoms with Crippen molar-refractivity contribution in [2.45, 2.75) is 25.2 Å². The quantitative estimate of drug-likeness (QED) is 0.649. The van der Waals surface area contributed by atoms with E-state index < -0.39 is 10.0 Å². The summed E-state index contributed by atoms with van der Waals surface area (Å²) >= 11 is 1.06. The lowest BCUT2D eigenvalue weighted by Crippen LogP contribution is -2.29. The highest BCUT2D eigenvalue weighted by Crippen LogP contribution is 2.34. The molecule has 1 saturated heterocycles. The zero-order chi connectivity index (χ0) is 21.0. The standard InChI is InChI=1S/C21H22N2O4S2/c1-4-15-9-11-18(12-10-15)29(25,26)22-21-23(5-2)20(24)19(28-21)14-16-7-6-8-17(13-16)27-3/h6-14H,4-5H2,1-3H3. The van der Waals surface area contributed by atoms with Gasteiger partial charge in [-0.05, 0) is 66.6 Å². The molecular weight excluding hydrogens is 408 g/mol. The zero-order valence-electron chi connectivity index (χ0n) is 16.5. The normalized spacial score (nSPS) is 17.3. The van der Waals surface area contributed by atoms with Crippen LogP contribution in [0.1, 0.15) is 25.0 Å². The first-order chi connectivity index (χ1) is 13.9. The van der Waals surface area contributed by atoms with Crippen molar-refractivity contribution in [1.82, 2.24) is 4.90 Å². The Labute approximate surface area is 175 Å². The minimum atomic E-state index is -3.92. The molecule has 1 fully saturated rings. The van der Waals surface area contributed by atoms with Crippen molar-refractivity contribution in [2.24, 2.45) is 4.40 Å². The first kappa shape index (κ1) is 21.1. The Morgan fingerprint density at radius 3 is 2.48 bits per heavy atom. The van der Waals surface area contributed by atoms with E-state index >= 15 is 0 Å². The number of amides is 1. The number of methoxy groups -OCH3 is 1. The maximum absolute atomic E-state index is 12.7. The fraction of sp³-hybridized carbons (Fsp3) is 0.238. The molecule has 0 N–H and O–H groups in total. The lowest BCUT2D eigenvalue weighted by Gasteiger charge is -2.12. The van der Waals surface area contributed by atoms with Crippen LogP contribution in [-0.4, -0.2) is 38.0 Å². The summed E-state index contributed by atoms with van der Waals surface area (Å²) < 4.78 is 34.6. The van der Waals surface area contributed by atoms with Gasteiger partial charge in [-0.1, -0.05) is 31.2 Å². The number of thioether (sulfide) groups is 1. The van der Waals surface area contributed by atoms with Gasteiger partial charge in [-0.15, -0.1) is 4.40 Å². The van der Waals surface area contributed by atoms with Gasteiger partial charge in [0.2, 0.25) is 0 Å². The molecule has 29 heavy (non-hydrogen) atoms. The van der Waals surface area contributed by atoms with E-state index in [2.05, 4.69) is 4.40 Å². The van der Waals surface area contributed by atoms with Crippen LogP contribution in [0.2, 0.25) is 0 Å². The second-order valence-corrected chi connectivity index (χ2v) is 8.90. The average Bonchev–Trinajstić information content (AvgIpc) is 3.01. The van der Waals surface area contributed by atoms with E-state index in [1.807, 2.05) is 25.1 Å². The van der Waals surface area contributed by atoms with Crippen LogP contribution in [-0.2, 0) is 21.2 Å². The molecule has 2 aromatic rings. The molecule has 152 valence electrons. The molecule has 3 rings (SSSR count). The Balaban J connectivity index is 1.94. The van der Waals surface area contributed by atoms with Crippen LogP contribution in [0.15, 0.2) is 62.7 Å². The lowest BCUT2D eigenvalue weighted by atomic mass is 10.2. The van der Waals surface area contributed by atoms with E-state index in [1.165, 1.54) is 4.90 Å². The molecule has 0 radical (unpaired) electrons. The fourth-order valence-electron chi connectivity index (χ4n) is 2.79. The fourth-order valence-corrected chi connectivity index (χ4v) is 5.03. The van der Waals surface area contributed by atoms with Crippen LogP contribution in [0.25, 0.3) is 6.08 Å². The van der Waals surface area contributed by atoms with Crippen molar-refractivity contribution in [2.75, 3.05) is 13.7 Å². The molecule has 1 amide bonds. The van der Waals surface area contributed by atoms with Gasteiger partial charge in [-0.2, -0.15) is 8.42 Å². The maximum atomic E-state index is 12.7. The van der Waals surface area contributed by atoms with E-state index in [4.69, 9.17) is 4.74 Å². The van der Waals surface area contributed by atoms with Gasteiger partial charge < -0.3 is 4.74 Å². The van der Waals surface area contributed by atoms with Gasteiger partial charge in [0.15, 0.2) is 5.17 Å². The Kier molecular flexibility index (Phi) is 6.44. The van der Waals surface area contributed by atoms with Crippen LogP contribution < -0.4 is 4.74 Å². The predicted octanol–water partition coefficient (Wildman–Crippen LogP) is 3.94. The highest BCUT2D eigenvalue weighted by Gasteiger charge is 2.34. The Bertz CT molecular complexity index is 1070. The number of carbonyl (C=O) groups is 1. The van der Waals surface area contributed by atoms with Crippen molar-refractivity contribution in [3.8, 4) is 5.75 Å². The van der Waals surface area contributed by atoms with Gasteiger partial charge in [0.05, 0.1) is 16.9 Å². The van der Waals surface area contributed by atoms with Gasteiger partial charge in [0.1, 0.15) is 5.75 Å². The molecule has 0 bridgehead atoms. The number of ether oxygens (including phenoxy) is 1. The van der Waals surface area contributed by atoms with E-state index in [-0.39, 0.29) is 16.0 Å². The van der Waals surface area contributed by atoms with Gasteiger partial charge in [0, 0.05) is 6.54 Å². The molecule has 8 heteroatoms. The van der Waals surface area contributed by atoms with E-state index in [1.54, 1.807) is 50.4 Å². The first-order valence-electron chi connectivity index (χ1n) is 9.17. The maximum Gasteiger partial charge on any atom is 0.284 e. The largest absolute Gasteiger partial charge is 0.497 e. The minimum Gasteiger partial charge on any atom is -0.497 e. The number of sulfonamides is 1. The third kappa shape index (κ3) is 4.71. The summed E-state index contributed by atoms with van der Waals surface area (Å²) in [4.78, 5) is 14.6. The van der Waals surface area contributed by atoms with Crippen molar-refractivity contribution in [1.29, 1.82) is 0 Å². The van der Waals surface area contributed by atoms with Crippen LogP contribution >= 0.6 is 11.8 Å². The third-order valence-electron chi connectivity index (χ3n) is 4.42. The van der Waals surface area contributed by atoms with Gasteiger partial charge in [-0.25, -0.2) is 0 Å². The van der Waals surface area contributed by atoms with Crippen molar-refractivity contribution < 1.29 is 17.9 Å². The number of benzene rings is 2. The summed E-state index contributed by atoms with van der Waals surface area (Å²) in [5.74, 6) is 0.407. The van der Waals surface area contributed by atoms with Crippen molar-refractivity contribution in [3.05, 3.63) is 64.6 Å². The zero-order valence-corrected chi connectivity index (χ0v) is 18.1. The lowest BCUT2D eigenvalue weighted by molar-refractivity contribution is -0.122. The molecule has 6 nitrogen and oxygen atoms in total. The molecule has 0 aliphatic carbocycles. The van der Waals surface area contributed by atoms with Crippen molar-refractivity contribution >= 4 is 38.9 Å². The number of likely N-dealkylation sites (N-methyl/N-ethyl adjacent to an activating group) is 1. The smallest absolute Gasteiger partial charge is 0.284 e. The molecule has 0 unspecified atom stereocenters. The number of amidine groups is 1. The van der Waals surface area contributed by atoms with Crippen molar-refractivity contribution in [3.63, 3.8) is 0 Å². The number of carbonyl (C=O) groups excluding carboxylic acids is 1. The second kappa shape index (κ2) is 8.84. The van der Waals surface area contributed by atoms with Crippen LogP contribution in [0.5, 0.6) is 5.75 Å². The first-order valence-corrected chi connectivity index (χ1v) is 11.4. The summed E-state index contributed by atoms with van der Waals surface area (Å²) in [7, 11) is -2.34. The molecule has 2 aromatic carbocycles. The van der Waals surface area contributed by atoms with Gasteiger partial charge in [-0.3, -0.25) is 9.69 Å². The molecule has 1 heterocycles. The number of hydrogen-bond acceptors (Lipinski definition) is 5. The van der Waals surface area contributed by atoms with Gasteiger partial charge in [0.25, 0.3) is 15.9 Å². The number of rotatable bonds is 6. The third-order valence-corrected chi connectivity index (χ3v) is 6.83.